The second-order valence-corrected chi connectivity index (χ2v) is 3.05. The summed E-state index contributed by atoms with van der Waals surface area (Å²) in [6, 6.07) is 0. The van der Waals surface area contributed by atoms with Crippen molar-refractivity contribution in [3.8, 4) is 0 Å². The fourth-order valence-corrected chi connectivity index (χ4v) is 1.31. The third kappa shape index (κ3) is 2.73. The largest absolute Gasteiger partial charge is 0.464 e. The number of anilines is 1. The summed E-state index contributed by atoms with van der Waals surface area (Å²) < 4.78 is 8.29. The minimum absolute atomic E-state index is 0.0306. The first-order chi connectivity index (χ1) is 7.72. The van der Waals surface area contributed by atoms with Crippen molar-refractivity contribution >= 4 is 34.8 Å². The Morgan fingerprint density at radius 1 is 1.56 bits per heavy atom. The highest BCUT2D eigenvalue weighted by atomic mass is 32.1. The molecular weight excluding hydrogens is 236 g/mol. The smallest absolute Gasteiger partial charge is 0.364 e. The number of methoxy groups -OCH3 is 1. The molecule has 0 spiro atoms. The summed E-state index contributed by atoms with van der Waals surface area (Å²) in [6.07, 6.45) is 0.454. The maximum absolute atomic E-state index is 11.3. The zero-order valence-corrected chi connectivity index (χ0v) is 9.28. The molecule has 9 heteroatoms. The van der Waals surface area contributed by atoms with Crippen molar-refractivity contribution < 1.29 is 19.2 Å². The van der Waals surface area contributed by atoms with E-state index in [-0.39, 0.29) is 16.7 Å². The lowest BCUT2D eigenvalue weighted by Crippen LogP contribution is -2.19. The first-order valence-electron chi connectivity index (χ1n) is 3.96. The average Bonchev–Trinajstić information content (AvgIpc) is 2.74. The number of rotatable bonds is 5. The van der Waals surface area contributed by atoms with Gasteiger partial charge < -0.3 is 14.9 Å². The number of esters is 1. The van der Waals surface area contributed by atoms with E-state index in [1.807, 2.05) is 0 Å². The van der Waals surface area contributed by atoms with Gasteiger partial charge >= 0.3 is 5.97 Å². The second kappa shape index (κ2) is 5.75. The van der Waals surface area contributed by atoms with Crippen molar-refractivity contribution in [1.29, 1.82) is 0 Å². The number of nitrogens with zero attached hydrogens (tertiary/aromatic N) is 3. The summed E-state index contributed by atoms with van der Waals surface area (Å²) in [6.45, 7) is 0. The van der Waals surface area contributed by atoms with E-state index in [4.69, 9.17) is 0 Å². The third-order valence-electron chi connectivity index (χ3n) is 1.38. The van der Waals surface area contributed by atoms with Crippen LogP contribution in [-0.2, 0) is 19.2 Å². The molecule has 86 valence electrons. The van der Waals surface area contributed by atoms with Gasteiger partial charge in [0.15, 0.2) is 0 Å². The summed E-state index contributed by atoms with van der Waals surface area (Å²) in [5.74, 6) is -0.694. The molecule has 16 heavy (non-hydrogen) atoms. The van der Waals surface area contributed by atoms with Gasteiger partial charge in [-0.15, -0.1) is 0 Å². The molecule has 0 unspecified atom stereocenters. The van der Waals surface area contributed by atoms with E-state index < -0.39 is 5.97 Å². The van der Waals surface area contributed by atoms with Crippen LogP contribution in [0.4, 0.5) is 5.13 Å². The number of carbonyl (C=O) groups is 2. The number of amides is 1. The molecule has 0 aliphatic rings. The van der Waals surface area contributed by atoms with Crippen molar-refractivity contribution in [2.75, 3.05) is 19.5 Å². The first-order valence-corrected chi connectivity index (χ1v) is 4.74. The van der Waals surface area contributed by atoms with Crippen LogP contribution in [0.3, 0.4) is 0 Å². The lowest BCUT2D eigenvalue weighted by Gasteiger charge is -1.98. The molecule has 1 aromatic heterocycles. The molecule has 8 nitrogen and oxygen atoms in total. The van der Waals surface area contributed by atoms with Gasteiger partial charge in [-0.3, -0.25) is 4.79 Å². The third-order valence-corrected chi connectivity index (χ3v) is 2.03. The number of hydrogen-bond donors (Lipinski definition) is 1. The van der Waals surface area contributed by atoms with Crippen molar-refractivity contribution in [1.82, 2.24) is 9.36 Å². The molecule has 0 atom stereocenters. The molecule has 1 N–H and O–H groups in total. The molecule has 1 amide bonds. The van der Waals surface area contributed by atoms with Gasteiger partial charge in [0.1, 0.15) is 7.11 Å². The summed E-state index contributed by atoms with van der Waals surface area (Å²) in [5, 5.41) is 5.99. The van der Waals surface area contributed by atoms with Crippen LogP contribution in [0.1, 0.15) is 5.82 Å². The minimum Gasteiger partial charge on any atom is -0.464 e. The van der Waals surface area contributed by atoms with Gasteiger partial charge in [0, 0.05) is 11.5 Å². The Morgan fingerprint density at radius 3 is 2.88 bits per heavy atom. The van der Waals surface area contributed by atoms with Crippen molar-refractivity contribution in [3.05, 3.63) is 5.82 Å². The highest BCUT2D eigenvalue weighted by Gasteiger charge is 2.20. The Labute approximate surface area is 94.4 Å². The van der Waals surface area contributed by atoms with Crippen molar-refractivity contribution in [2.24, 2.45) is 5.16 Å². The summed E-state index contributed by atoms with van der Waals surface area (Å²) in [7, 11) is 2.48. The van der Waals surface area contributed by atoms with E-state index in [0.29, 0.717) is 6.41 Å². The van der Waals surface area contributed by atoms with Gasteiger partial charge in [0.05, 0.1) is 7.11 Å². The Balaban J connectivity index is 2.97. The van der Waals surface area contributed by atoms with Crippen LogP contribution in [0, 0.1) is 0 Å². The molecule has 0 fully saturated rings. The van der Waals surface area contributed by atoms with Crippen molar-refractivity contribution in [2.45, 2.75) is 0 Å². The van der Waals surface area contributed by atoms with E-state index in [1.54, 1.807) is 0 Å². The number of ether oxygens (including phenoxy) is 1. The van der Waals surface area contributed by atoms with E-state index in [1.165, 1.54) is 14.2 Å². The number of hydrogen-bond acceptors (Lipinski definition) is 8. The van der Waals surface area contributed by atoms with Crippen LogP contribution in [0.15, 0.2) is 5.16 Å². The normalized spacial score (nSPS) is 10.8. The second-order valence-electron chi connectivity index (χ2n) is 2.30. The van der Waals surface area contributed by atoms with Gasteiger partial charge in [-0.25, -0.2) is 4.79 Å². The van der Waals surface area contributed by atoms with Gasteiger partial charge in [-0.1, -0.05) is 5.16 Å². The summed E-state index contributed by atoms with van der Waals surface area (Å²) >= 11 is 0.909. The molecule has 1 aromatic rings. The van der Waals surface area contributed by atoms with Gasteiger partial charge in [0.25, 0.3) is 0 Å². The monoisotopic (exact) mass is 244 g/mol. The van der Waals surface area contributed by atoms with Gasteiger partial charge in [-0.2, -0.15) is 9.36 Å². The van der Waals surface area contributed by atoms with E-state index in [9.17, 15) is 9.59 Å². The van der Waals surface area contributed by atoms with Crippen LogP contribution in [0.25, 0.3) is 0 Å². The van der Waals surface area contributed by atoms with Crippen LogP contribution >= 0.6 is 11.5 Å². The molecular formula is C7H8N4O4S. The lowest BCUT2D eigenvalue weighted by atomic mass is 10.4. The number of carbonyl (C=O) groups excluding carboxylic acids is 2. The fraction of sp³-hybridized carbons (Fsp3) is 0.286. The highest BCUT2D eigenvalue weighted by Crippen LogP contribution is 2.11. The van der Waals surface area contributed by atoms with E-state index in [0.717, 1.165) is 11.5 Å². The predicted octanol–water partition coefficient (Wildman–Crippen LogP) is -0.370. The molecule has 0 aliphatic heterocycles. The SMILES string of the molecule is CO/N=C(/C(=O)OC)c1nsc(NC=O)n1. The van der Waals surface area contributed by atoms with Crippen molar-refractivity contribution in [3.63, 3.8) is 0 Å². The average molecular weight is 244 g/mol. The summed E-state index contributed by atoms with van der Waals surface area (Å²) in [5.41, 5.74) is -0.166. The minimum atomic E-state index is -0.725. The molecule has 0 aromatic carbocycles. The lowest BCUT2D eigenvalue weighted by molar-refractivity contribution is -0.132. The Morgan fingerprint density at radius 2 is 2.31 bits per heavy atom. The molecule has 0 saturated carbocycles. The van der Waals surface area contributed by atoms with Crippen LogP contribution in [0.5, 0.6) is 0 Å². The molecule has 1 rings (SSSR count). The first kappa shape index (κ1) is 12.0. The molecule has 1 heterocycles. The number of oxime groups is 1. The zero-order chi connectivity index (χ0) is 12.0. The topological polar surface area (TPSA) is 103 Å². The van der Waals surface area contributed by atoms with E-state index in [2.05, 4.69) is 29.4 Å². The molecule has 0 bridgehead atoms. The number of aromatic nitrogens is 2. The Kier molecular flexibility index (Phi) is 4.33. The number of nitrogens with one attached hydrogen (secondary N) is 1. The van der Waals surface area contributed by atoms with Gasteiger partial charge in [0.2, 0.25) is 23.1 Å². The maximum Gasteiger partial charge on any atom is 0.364 e. The predicted molar refractivity (Wildman–Crippen MR) is 55.2 cm³/mol. The Hall–Kier alpha value is -2.03. The summed E-state index contributed by atoms with van der Waals surface area (Å²) in [4.78, 5) is 29.7. The molecule has 0 saturated heterocycles. The quantitative estimate of drug-likeness (QED) is 0.328. The fourth-order valence-electron chi connectivity index (χ4n) is 0.786. The standard InChI is InChI=1S/C7H8N4O4S/c1-14-6(13)4(10-15-2)5-9-7(8-3-12)16-11-5/h3H,1-2H3,(H,8,9,11,12)/b10-4+. The maximum atomic E-state index is 11.3. The molecule has 0 aliphatic carbocycles. The van der Waals surface area contributed by atoms with Crippen LogP contribution in [0.2, 0.25) is 0 Å². The zero-order valence-electron chi connectivity index (χ0n) is 8.46. The van der Waals surface area contributed by atoms with Gasteiger partial charge in [-0.05, 0) is 0 Å². The highest BCUT2D eigenvalue weighted by molar-refractivity contribution is 7.10. The van der Waals surface area contributed by atoms with Crippen LogP contribution < -0.4 is 5.32 Å². The van der Waals surface area contributed by atoms with E-state index >= 15 is 0 Å². The molecule has 0 radical (unpaired) electrons. The van der Waals surface area contributed by atoms with Crippen LogP contribution in [-0.4, -0.2) is 41.7 Å². The Bertz CT molecular complexity index is 416.